The van der Waals surface area contributed by atoms with Crippen LogP contribution >= 0.6 is 0 Å². The predicted octanol–water partition coefficient (Wildman–Crippen LogP) is 5.48. The summed E-state index contributed by atoms with van der Waals surface area (Å²) in [6.45, 7) is -0.123. The molecule has 0 fully saturated rings. The topological polar surface area (TPSA) is 26.3 Å². The first kappa shape index (κ1) is 27.2. The van der Waals surface area contributed by atoms with Gasteiger partial charge in [0.2, 0.25) is 0 Å². The van der Waals surface area contributed by atoms with Gasteiger partial charge in [-0.1, -0.05) is 6.58 Å². The average molecular weight is 468 g/mol. The molecule has 0 saturated carbocycles. The van der Waals surface area contributed by atoms with Crippen LogP contribution in [0.5, 0.6) is 0 Å². The third-order valence-corrected chi connectivity index (χ3v) is 3.18. The smallest absolute Gasteiger partial charge is 0.422 e. The van der Waals surface area contributed by atoms with Crippen molar-refractivity contribution in [1.82, 2.24) is 0 Å². The van der Waals surface area contributed by atoms with E-state index < -0.39 is 66.8 Å². The van der Waals surface area contributed by atoms with Gasteiger partial charge in [-0.2, -0.15) is 57.1 Å². The molecule has 29 heavy (non-hydrogen) atoms. The van der Waals surface area contributed by atoms with E-state index in [2.05, 4.69) is 11.3 Å². The summed E-state index contributed by atoms with van der Waals surface area (Å²) in [6, 6.07) is 0. The molecule has 0 aromatic heterocycles. The minimum Gasteiger partial charge on any atom is -0.462 e. The first-order valence-electron chi connectivity index (χ1n) is 6.59. The monoisotopic (exact) mass is 468 g/mol. The Morgan fingerprint density at radius 2 is 1.17 bits per heavy atom. The summed E-state index contributed by atoms with van der Waals surface area (Å²) in [5.41, 5.74) is -2.35. The zero-order chi connectivity index (χ0) is 23.9. The highest BCUT2D eigenvalue weighted by atomic mass is 19.4. The van der Waals surface area contributed by atoms with Gasteiger partial charge in [0, 0.05) is 0 Å². The van der Waals surface area contributed by atoms with Gasteiger partial charge < -0.3 is 4.74 Å². The summed E-state index contributed by atoms with van der Waals surface area (Å²) in [6.07, 6.45) is -14.0. The van der Waals surface area contributed by atoms with Crippen LogP contribution in [0, 0.1) is 0 Å². The van der Waals surface area contributed by atoms with Crippen molar-refractivity contribution in [3.63, 3.8) is 0 Å². The van der Waals surface area contributed by atoms with Crippen molar-refractivity contribution in [2.75, 3.05) is 6.61 Å². The molecule has 0 spiro atoms. The fourth-order valence-electron chi connectivity index (χ4n) is 1.40. The lowest BCUT2D eigenvalue weighted by Gasteiger charge is -2.39. The second kappa shape index (κ2) is 7.77. The average Bonchev–Trinajstić information content (AvgIpc) is 2.51. The van der Waals surface area contributed by atoms with E-state index in [1.807, 2.05) is 0 Å². The first-order valence-corrected chi connectivity index (χ1v) is 6.59. The van der Waals surface area contributed by atoms with Crippen LogP contribution in [-0.4, -0.2) is 54.8 Å². The van der Waals surface area contributed by atoms with Gasteiger partial charge in [0.25, 0.3) is 0 Å². The predicted molar refractivity (Wildman–Crippen MR) is 61.5 cm³/mol. The van der Waals surface area contributed by atoms with E-state index in [9.17, 15) is 70.7 Å². The van der Waals surface area contributed by atoms with Crippen molar-refractivity contribution in [3.05, 3.63) is 12.2 Å². The van der Waals surface area contributed by atoms with Gasteiger partial charge in [-0.3, -0.25) is 0 Å². The molecule has 0 atom stereocenters. The zero-order valence-electron chi connectivity index (χ0n) is 13.2. The van der Waals surface area contributed by atoms with Crippen molar-refractivity contribution in [1.29, 1.82) is 0 Å². The van der Waals surface area contributed by atoms with Crippen molar-refractivity contribution < 1.29 is 75.4 Å². The van der Waals surface area contributed by atoms with Gasteiger partial charge in [0.05, 0.1) is 13.0 Å². The van der Waals surface area contributed by atoms with Crippen LogP contribution in [0.15, 0.2) is 12.2 Å². The van der Waals surface area contributed by atoms with Crippen molar-refractivity contribution in [2.45, 2.75) is 48.6 Å². The maximum Gasteiger partial charge on any atom is 0.422 e. The minimum absolute atomic E-state index is 2.10. The van der Waals surface area contributed by atoms with Gasteiger partial charge in [-0.25, -0.2) is 13.6 Å². The highest BCUT2D eigenvalue weighted by Crippen LogP contribution is 2.58. The SMILES string of the molecule is C=C(C(=O)OCCC(F)(F)C(F)(F)C(F)(F)C(F)(F)C(F)(F)C(F)F)C(F)(F)F. The molecule has 172 valence electrons. The quantitative estimate of drug-likeness (QED) is 0.255. The maximum atomic E-state index is 13.3. The molecule has 0 heterocycles. The summed E-state index contributed by atoms with van der Waals surface area (Å²) in [4.78, 5) is 10.8. The van der Waals surface area contributed by atoms with Crippen molar-refractivity contribution in [2.24, 2.45) is 0 Å². The highest BCUT2D eigenvalue weighted by molar-refractivity contribution is 5.89. The Kier molecular flexibility index (Phi) is 7.28. The van der Waals surface area contributed by atoms with E-state index >= 15 is 0 Å². The summed E-state index contributed by atoms with van der Waals surface area (Å²) >= 11 is 0. The molecule has 0 radical (unpaired) electrons. The zero-order valence-corrected chi connectivity index (χ0v) is 13.2. The van der Waals surface area contributed by atoms with Crippen LogP contribution in [0.1, 0.15) is 6.42 Å². The van der Waals surface area contributed by atoms with Gasteiger partial charge in [0.15, 0.2) is 0 Å². The number of carbonyl (C=O) groups excluding carboxylic acids is 1. The Morgan fingerprint density at radius 1 is 0.759 bits per heavy atom. The van der Waals surface area contributed by atoms with Crippen LogP contribution in [-0.2, 0) is 9.53 Å². The lowest BCUT2D eigenvalue weighted by molar-refractivity contribution is -0.413. The van der Waals surface area contributed by atoms with E-state index in [4.69, 9.17) is 0 Å². The second-order valence-electron chi connectivity index (χ2n) is 5.21. The molecular weight excluding hydrogens is 461 g/mol. The van der Waals surface area contributed by atoms with Gasteiger partial charge in [0.1, 0.15) is 5.57 Å². The summed E-state index contributed by atoms with van der Waals surface area (Å²) < 4.78 is 193. The normalized spacial score (nSPS) is 14.9. The number of hydrogen-bond acceptors (Lipinski definition) is 2. The number of alkyl halides is 15. The Bertz CT molecular complexity index is 619. The summed E-state index contributed by atoms with van der Waals surface area (Å²) in [7, 11) is 0. The van der Waals surface area contributed by atoms with E-state index in [0.29, 0.717) is 0 Å². The number of hydrogen-bond donors (Lipinski definition) is 0. The number of rotatable bonds is 9. The number of halogens is 15. The highest BCUT2D eigenvalue weighted by Gasteiger charge is 2.87. The van der Waals surface area contributed by atoms with Crippen LogP contribution in [0.2, 0.25) is 0 Å². The minimum atomic E-state index is -7.77. The molecule has 0 amide bonds. The second-order valence-corrected chi connectivity index (χ2v) is 5.21. The molecule has 0 saturated heterocycles. The van der Waals surface area contributed by atoms with Gasteiger partial charge in [-0.05, 0) is 0 Å². The third kappa shape index (κ3) is 4.67. The summed E-state index contributed by atoms with van der Waals surface area (Å²) in [5, 5.41) is 0. The fraction of sp³-hybridized carbons (Fsp3) is 0.750. The van der Waals surface area contributed by atoms with Crippen LogP contribution in [0.4, 0.5) is 65.9 Å². The van der Waals surface area contributed by atoms with E-state index in [1.54, 1.807) is 0 Å². The molecule has 0 aliphatic carbocycles. The van der Waals surface area contributed by atoms with E-state index in [1.165, 1.54) is 0 Å². The fourth-order valence-corrected chi connectivity index (χ4v) is 1.40. The molecule has 0 aromatic rings. The number of carbonyl (C=O) groups is 1. The molecule has 0 N–H and O–H groups in total. The van der Waals surface area contributed by atoms with Crippen LogP contribution in [0.3, 0.4) is 0 Å². The molecular formula is C12H7F15O2. The molecule has 0 rings (SSSR count). The first-order chi connectivity index (χ1) is 12.5. The third-order valence-electron chi connectivity index (χ3n) is 3.18. The molecule has 17 heteroatoms. The van der Waals surface area contributed by atoms with E-state index in [-0.39, 0.29) is 0 Å². The van der Waals surface area contributed by atoms with Crippen LogP contribution < -0.4 is 0 Å². The molecule has 0 bridgehead atoms. The maximum absolute atomic E-state index is 13.3. The number of esters is 1. The van der Waals surface area contributed by atoms with Gasteiger partial charge in [-0.15, -0.1) is 0 Å². The molecule has 0 aromatic carbocycles. The Labute approximate surface area is 150 Å². The van der Waals surface area contributed by atoms with E-state index in [0.717, 1.165) is 0 Å². The Morgan fingerprint density at radius 3 is 1.52 bits per heavy atom. The lowest BCUT2D eigenvalue weighted by atomic mass is 9.93. The molecule has 0 unspecified atom stereocenters. The molecule has 2 nitrogen and oxygen atoms in total. The standard InChI is InChI=1S/C12H7F15O2/c1-4(9(19,20)21)5(28)29-3-2-7(15,16)10(22,23)12(26,27)11(24,25)8(17,18)6(13)14/h6H,1-3H2. The number of ether oxygens (including phenoxy) is 1. The Balaban J connectivity index is 5.59. The largest absolute Gasteiger partial charge is 0.462 e. The van der Waals surface area contributed by atoms with Crippen molar-refractivity contribution >= 4 is 5.97 Å². The molecule has 0 aliphatic rings. The Hall–Kier alpha value is -1.84. The van der Waals surface area contributed by atoms with Crippen LogP contribution in [0.25, 0.3) is 0 Å². The van der Waals surface area contributed by atoms with Gasteiger partial charge >= 0.3 is 48.2 Å². The molecule has 0 aliphatic heterocycles. The van der Waals surface area contributed by atoms with Crippen molar-refractivity contribution in [3.8, 4) is 0 Å². The summed E-state index contributed by atoms with van der Waals surface area (Å²) in [5.74, 6) is -39.0. The lowest BCUT2D eigenvalue weighted by Crippen LogP contribution is -2.68.